The van der Waals surface area contributed by atoms with Gasteiger partial charge in [-0.2, -0.15) is 0 Å². The fourth-order valence-corrected chi connectivity index (χ4v) is 5.12. The van der Waals surface area contributed by atoms with Crippen molar-refractivity contribution in [3.8, 4) is 0 Å². The van der Waals surface area contributed by atoms with Crippen molar-refractivity contribution in [2.45, 2.75) is 92.4 Å². The van der Waals surface area contributed by atoms with Crippen LogP contribution in [0.15, 0.2) is 45.5 Å². The van der Waals surface area contributed by atoms with Gasteiger partial charge in [0, 0.05) is 11.6 Å². The number of carbonyl (C=O) groups is 2. The van der Waals surface area contributed by atoms with Crippen molar-refractivity contribution in [1.82, 2.24) is 15.5 Å². The molecule has 1 amide bonds. The number of rotatable bonds is 12. The number of ether oxygens (including phenoxy) is 1. The van der Waals surface area contributed by atoms with Gasteiger partial charge >= 0.3 is 5.97 Å². The molecule has 4 aromatic rings. The van der Waals surface area contributed by atoms with Crippen molar-refractivity contribution >= 4 is 22.8 Å². The molecule has 2 atom stereocenters. The van der Waals surface area contributed by atoms with E-state index < -0.39 is 17.7 Å². The van der Waals surface area contributed by atoms with Crippen LogP contribution in [-0.4, -0.2) is 32.7 Å². The van der Waals surface area contributed by atoms with Gasteiger partial charge in [-0.05, 0) is 95.2 Å². The quantitative estimate of drug-likeness (QED) is 0.188. The summed E-state index contributed by atoms with van der Waals surface area (Å²) in [6.45, 7) is 14.9. The van der Waals surface area contributed by atoms with Crippen LogP contribution < -0.4 is 5.32 Å². The lowest BCUT2D eigenvalue weighted by Crippen LogP contribution is -2.36. The zero-order valence-corrected chi connectivity index (χ0v) is 25.7. The second-order valence-electron chi connectivity index (χ2n) is 12.1. The first-order valence-electron chi connectivity index (χ1n) is 14.3. The number of carbonyl (C=O) groups excluding carboxylic acids is 1. The van der Waals surface area contributed by atoms with E-state index in [1.807, 2.05) is 44.3 Å². The first-order valence-corrected chi connectivity index (χ1v) is 14.3. The van der Waals surface area contributed by atoms with Gasteiger partial charge in [-0.25, -0.2) is 4.79 Å². The number of nitrogens with one attached hydrogen (secondary N) is 1. The van der Waals surface area contributed by atoms with Crippen LogP contribution in [0.5, 0.6) is 0 Å². The van der Waals surface area contributed by atoms with E-state index in [2.05, 4.69) is 35.4 Å². The number of aliphatic carboxylic acids is 1. The lowest BCUT2D eigenvalue weighted by atomic mass is 9.97. The van der Waals surface area contributed by atoms with Crippen LogP contribution >= 0.6 is 0 Å². The number of hydrogen-bond acceptors (Lipinski definition) is 7. The highest BCUT2D eigenvalue weighted by molar-refractivity contribution is 5.83. The summed E-state index contributed by atoms with van der Waals surface area (Å²) in [5, 5.41) is 17.7. The molecule has 4 rings (SSSR count). The molecule has 9 heteroatoms. The largest absolute Gasteiger partial charge is 0.479 e. The van der Waals surface area contributed by atoms with Gasteiger partial charge in [0.05, 0.1) is 29.4 Å². The molecule has 0 radical (unpaired) electrons. The lowest BCUT2D eigenvalue weighted by molar-refractivity contribution is -0.166. The molecule has 224 valence electrons. The number of amides is 1. The monoisotopic (exact) mass is 575 g/mol. The number of carboxylic acids is 1. The highest BCUT2D eigenvalue weighted by Gasteiger charge is 2.37. The van der Waals surface area contributed by atoms with E-state index in [0.717, 1.165) is 40.6 Å². The van der Waals surface area contributed by atoms with Crippen LogP contribution in [0.3, 0.4) is 0 Å². The van der Waals surface area contributed by atoms with Crippen LogP contribution in [0, 0.1) is 33.6 Å². The lowest BCUT2D eigenvalue weighted by Gasteiger charge is -2.26. The van der Waals surface area contributed by atoms with Crippen molar-refractivity contribution < 1.29 is 28.4 Å². The molecule has 9 nitrogen and oxygen atoms in total. The van der Waals surface area contributed by atoms with Gasteiger partial charge in [-0.15, -0.1) is 0 Å². The number of hydrogen-bond donors (Lipinski definition) is 2. The van der Waals surface area contributed by atoms with Crippen molar-refractivity contribution in [2.24, 2.45) is 5.92 Å². The Morgan fingerprint density at radius 2 is 1.81 bits per heavy atom. The molecule has 3 heterocycles. The summed E-state index contributed by atoms with van der Waals surface area (Å²) in [6, 6.07) is 9.33. The molecule has 2 unspecified atom stereocenters. The molecule has 3 aromatic heterocycles. The summed E-state index contributed by atoms with van der Waals surface area (Å²) in [7, 11) is 0. The number of pyridine rings is 1. The van der Waals surface area contributed by atoms with Crippen LogP contribution in [0.2, 0.25) is 0 Å². The Hall–Kier alpha value is -3.98. The summed E-state index contributed by atoms with van der Waals surface area (Å²) >= 11 is 0. The number of fused-ring (bicyclic) bond motifs is 1. The summed E-state index contributed by atoms with van der Waals surface area (Å²) in [5.41, 5.74) is 4.18. The average Bonchev–Trinajstić information content (AvgIpc) is 3.47. The summed E-state index contributed by atoms with van der Waals surface area (Å²) in [4.78, 5) is 29.8. The van der Waals surface area contributed by atoms with Crippen LogP contribution in [-0.2, 0) is 20.7 Å². The molecular weight excluding hydrogens is 534 g/mol. The third-order valence-corrected chi connectivity index (χ3v) is 7.45. The minimum absolute atomic E-state index is 0.0891. The Kier molecular flexibility index (Phi) is 9.21. The molecule has 0 fully saturated rings. The molecule has 0 bridgehead atoms. The Morgan fingerprint density at radius 3 is 2.43 bits per heavy atom. The maximum atomic E-state index is 13.3. The molecule has 0 aliphatic rings. The van der Waals surface area contributed by atoms with Crippen LogP contribution in [0.4, 0.5) is 0 Å². The van der Waals surface area contributed by atoms with Gasteiger partial charge in [-0.1, -0.05) is 31.1 Å². The molecule has 0 saturated heterocycles. The smallest absolute Gasteiger partial charge is 0.335 e. The van der Waals surface area contributed by atoms with Crippen molar-refractivity contribution in [2.75, 3.05) is 0 Å². The number of carboxylic acid groups (broad SMARTS) is 1. The number of benzene rings is 1. The van der Waals surface area contributed by atoms with Crippen molar-refractivity contribution in [3.05, 3.63) is 81.7 Å². The summed E-state index contributed by atoms with van der Waals surface area (Å²) < 4.78 is 17.6. The van der Waals surface area contributed by atoms with Crippen LogP contribution in [0.25, 0.3) is 11.0 Å². The number of nitrogens with zero attached hydrogens (tertiary/aromatic N) is 2. The second kappa shape index (κ2) is 12.5. The second-order valence-corrected chi connectivity index (χ2v) is 12.1. The van der Waals surface area contributed by atoms with Gasteiger partial charge in [0.1, 0.15) is 23.2 Å². The summed E-state index contributed by atoms with van der Waals surface area (Å²) in [6.07, 6.45) is 2.96. The van der Waals surface area contributed by atoms with E-state index in [-0.39, 0.29) is 18.4 Å². The van der Waals surface area contributed by atoms with E-state index in [1.54, 1.807) is 13.8 Å². The standard InChI is InChI=1S/C33H41N3O6/c1-18(2)9-11-25(30-20(4)13-19(3)17-34-30)35-28(37)15-23-10-12-26-24(14-23)16-27(40-26)31(41-33(7,8)32(38)39)29-21(5)36-42-22(29)6/h10,12-14,16-18,25,31H,9,11,15H2,1-8H3,(H,35,37)(H,38,39). The Bertz CT molecular complexity index is 1560. The predicted molar refractivity (Wildman–Crippen MR) is 159 cm³/mol. The first kappa shape index (κ1) is 31.0. The Balaban J connectivity index is 1.59. The summed E-state index contributed by atoms with van der Waals surface area (Å²) in [5.74, 6) is 0.249. The molecule has 0 aliphatic heterocycles. The highest BCUT2D eigenvalue weighted by atomic mass is 16.5. The van der Waals surface area contributed by atoms with Gasteiger partial charge in [0.2, 0.25) is 5.91 Å². The van der Waals surface area contributed by atoms with E-state index in [4.69, 9.17) is 13.7 Å². The van der Waals surface area contributed by atoms with Gasteiger partial charge in [0.15, 0.2) is 5.60 Å². The third kappa shape index (κ3) is 7.07. The fraction of sp³-hybridized carbons (Fsp3) is 0.455. The number of aromatic nitrogens is 2. The Morgan fingerprint density at radius 1 is 1.07 bits per heavy atom. The third-order valence-electron chi connectivity index (χ3n) is 7.45. The first-order chi connectivity index (χ1) is 19.7. The van der Waals surface area contributed by atoms with E-state index in [0.29, 0.717) is 34.3 Å². The number of furan rings is 1. The maximum Gasteiger partial charge on any atom is 0.335 e. The molecule has 0 spiro atoms. The van der Waals surface area contributed by atoms with Gasteiger partial charge < -0.3 is 24.1 Å². The minimum Gasteiger partial charge on any atom is -0.479 e. The molecule has 42 heavy (non-hydrogen) atoms. The Labute approximate surface area is 246 Å². The minimum atomic E-state index is -1.50. The fourth-order valence-electron chi connectivity index (χ4n) is 5.12. The normalized spacial score (nSPS) is 13.5. The average molecular weight is 576 g/mol. The topological polar surface area (TPSA) is 128 Å². The predicted octanol–water partition coefficient (Wildman–Crippen LogP) is 6.85. The van der Waals surface area contributed by atoms with Crippen molar-refractivity contribution in [1.29, 1.82) is 0 Å². The maximum absolute atomic E-state index is 13.3. The zero-order valence-electron chi connectivity index (χ0n) is 25.7. The zero-order chi connectivity index (χ0) is 30.8. The van der Waals surface area contributed by atoms with E-state index >= 15 is 0 Å². The molecule has 0 saturated carbocycles. The SMILES string of the molecule is Cc1cnc(C(CCC(C)C)NC(=O)Cc2ccc3oc(C(OC(C)(C)C(=O)O)c4c(C)noc4C)cc3c2)c(C)c1. The molecule has 0 aliphatic carbocycles. The van der Waals surface area contributed by atoms with Gasteiger partial charge in [0.25, 0.3) is 0 Å². The molecular formula is C33H41N3O6. The molecule has 2 N–H and O–H groups in total. The molecule has 1 aromatic carbocycles. The van der Waals surface area contributed by atoms with E-state index in [1.165, 1.54) is 13.8 Å². The number of aryl methyl sites for hydroxylation is 4. The van der Waals surface area contributed by atoms with E-state index in [9.17, 15) is 14.7 Å². The van der Waals surface area contributed by atoms with Crippen LogP contribution in [0.1, 0.15) is 97.8 Å². The van der Waals surface area contributed by atoms with Gasteiger partial charge in [-0.3, -0.25) is 9.78 Å². The van der Waals surface area contributed by atoms with Crippen molar-refractivity contribution in [3.63, 3.8) is 0 Å². The highest BCUT2D eigenvalue weighted by Crippen LogP contribution is 2.37.